The molecule has 3 aromatic heterocycles. The number of aromatic amines is 1. The molecule has 0 unspecified atom stereocenters. The normalized spacial score (nSPS) is 12.6. The Kier molecular flexibility index (Phi) is 4.55. The molecule has 0 radical (unpaired) electrons. The Morgan fingerprint density at radius 1 is 1.08 bits per heavy atom. The van der Waals surface area contributed by atoms with Crippen LogP contribution in [0.5, 0.6) is 0 Å². The number of amides is 1. The summed E-state index contributed by atoms with van der Waals surface area (Å²) in [6.45, 7) is 1.07. The predicted octanol–water partition coefficient (Wildman–Crippen LogP) is 1.59. The van der Waals surface area contributed by atoms with Gasteiger partial charge in [0.2, 0.25) is 0 Å². The Hall–Kier alpha value is -3.29. The van der Waals surface area contributed by atoms with Crippen LogP contribution in [0, 0.1) is 0 Å². The van der Waals surface area contributed by atoms with E-state index < -0.39 is 0 Å². The van der Waals surface area contributed by atoms with Crippen LogP contribution in [0.3, 0.4) is 0 Å². The van der Waals surface area contributed by atoms with Crippen LogP contribution in [-0.4, -0.2) is 44.1 Å². The van der Waals surface area contributed by atoms with Crippen LogP contribution in [0.25, 0.3) is 11.4 Å². The number of hydrogen-bond acceptors (Lipinski definition) is 6. The molecule has 3 aromatic rings. The quantitative estimate of drug-likeness (QED) is 0.583. The number of hydrogen-bond donors (Lipinski definition) is 3. The average Bonchev–Trinajstić information content (AvgIpc) is 3.37. The number of aromatic nitrogens is 5. The highest BCUT2D eigenvalue weighted by Crippen LogP contribution is 2.28. The van der Waals surface area contributed by atoms with Crippen LogP contribution in [0.4, 0.5) is 5.82 Å². The molecule has 0 fully saturated rings. The van der Waals surface area contributed by atoms with Gasteiger partial charge in [0.15, 0.2) is 5.82 Å². The highest BCUT2D eigenvalue weighted by molar-refractivity contribution is 5.92. The molecule has 0 atom stereocenters. The third-order valence-electron chi connectivity index (χ3n) is 4.32. The van der Waals surface area contributed by atoms with Gasteiger partial charge in [0.1, 0.15) is 11.5 Å². The summed E-state index contributed by atoms with van der Waals surface area (Å²) in [7, 11) is 0. The van der Waals surface area contributed by atoms with Crippen molar-refractivity contribution in [1.82, 2.24) is 30.5 Å². The number of carbonyl (C=O) groups is 1. The van der Waals surface area contributed by atoms with E-state index in [1.807, 2.05) is 12.1 Å². The number of fused-ring (bicyclic) bond motifs is 1. The van der Waals surface area contributed by atoms with Crippen LogP contribution >= 0.6 is 0 Å². The minimum Gasteiger partial charge on any atom is -0.368 e. The zero-order valence-electron chi connectivity index (χ0n) is 14.2. The first-order chi connectivity index (χ1) is 12.8. The Morgan fingerprint density at radius 2 is 1.96 bits per heavy atom. The number of rotatable bonds is 6. The van der Waals surface area contributed by atoms with Crippen molar-refractivity contribution >= 4 is 11.7 Å². The SMILES string of the molecule is O=C(NCCNc1nc(-c2ccncc2)nc2c1CCC2)c1ccn[nH]1. The van der Waals surface area contributed by atoms with Crippen molar-refractivity contribution in [3.63, 3.8) is 0 Å². The lowest BCUT2D eigenvalue weighted by molar-refractivity contribution is 0.0950. The lowest BCUT2D eigenvalue weighted by Gasteiger charge is -2.12. The van der Waals surface area contributed by atoms with Crippen molar-refractivity contribution in [3.8, 4) is 11.4 Å². The van der Waals surface area contributed by atoms with E-state index in [-0.39, 0.29) is 5.91 Å². The van der Waals surface area contributed by atoms with Crippen molar-refractivity contribution < 1.29 is 4.79 Å². The van der Waals surface area contributed by atoms with E-state index in [4.69, 9.17) is 9.97 Å². The second kappa shape index (κ2) is 7.30. The van der Waals surface area contributed by atoms with Gasteiger partial charge in [-0.15, -0.1) is 0 Å². The molecule has 1 aliphatic carbocycles. The molecule has 0 spiro atoms. The largest absolute Gasteiger partial charge is 0.368 e. The van der Waals surface area contributed by atoms with Gasteiger partial charge in [-0.3, -0.25) is 14.9 Å². The molecule has 0 aromatic carbocycles. The lowest BCUT2D eigenvalue weighted by atomic mass is 10.2. The summed E-state index contributed by atoms with van der Waals surface area (Å²) < 4.78 is 0. The van der Waals surface area contributed by atoms with Gasteiger partial charge in [0.05, 0.1) is 0 Å². The third kappa shape index (κ3) is 3.39. The highest BCUT2D eigenvalue weighted by atomic mass is 16.1. The second-order valence-electron chi connectivity index (χ2n) is 6.06. The first kappa shape index (κ1) is 16.2. The van der Waals surface area contributed by atoms with Crippen LogP contribution in [0.15, 0.2) is 36.8 Å². The molecule has 3 heterocycles. The fourth-order valence-electron chi connectivity index (χ4n) is 3.04. The molecule has 0 saturated carbocycles. The Balaban J connectivity index is 1.44. The van der Waals surface area contributed by atoms with Crippen molar-refractivity contribution in [2.75, 3.05) is 18.4 Å². The van der Waals surface area contributed by atoms with Crippen molar-refractivity contribution in [2.45, 2.75) is 19.3 Å². The van der Waals surface area contributed by atoms with Crippen LogP contribution in [-0.2, 0) is 12.8 Å². The lowest BCUT2D eigenvalue weighted by Crippen LogP contribution is -2.29. The predicted molar refractivity (Wildman–Crippen MR) is 96.7 cm³/mol. The molecule has 0 bridgehead atoms. The Morgan fingerprint density at radius 3 is 2.77 bits per heavy atom. The summed E-state index contributed by atoms with van der Waals surface area (Å²) >= 11 is 0. The number of carbonyl (C=O) groups excluding carboxylic acids is 1. The van der Waals surface area contributed by atoms with E-state index in [9.17, 15) is 4.79 Å². The fraction of sp³-hybridized carbons (Fsp3) is 0.278. The van der Waals surface area contributed by atoms with Gasteiger partial charge in [0, 0.05) is 48.5 Å². The standard InChI is InChI=1S/C18H19N7O/c26-18(15-6-9-22-25-15)21-11-10-20-17-13-2-1-3-14(13)23-16(24-17)12-4-7-19-8-5-12/h4-9H,1-3,10-11H2,(H,21,26)(H,22,25)(H,20,23,24). The van der Waals surface area contributed by atoms with Crippen LogP contribution in [0.1, 0.15) is 28.2 Å². The van der Waals surface area contributed by atoms with E-state index in [2.05, 4.69) is 25.8 Å². The van der Waals surface area contributed by atoms with E-state index in [0.29, 0.717) is 24.6 Å². The van der Waals surface area contributed by atoms with Crippen LogP contribution in [0.2, 0.25) is 0 Å². The van der Waals surface area contributed by atoms with E-state index in [1.54, 1.807) is 24.7 Å². The number of pyridine rings is 1. The van der Waals surface area contributed by atoms with Gasteiger partial charge in [-0.1, -0.05) is 0 Å². The zero-order valence-corrected chi connectivity index (χ0v) is 14.2. The summed E-state index contributed by atoms with van der Waals surface area (Å²) in [5.41, 5.74) is 3.69. The summed E-state index contributed by atoms with van der Waals surface area (Å²) in [6, 6.07) is 5.46. The van der Waals surface area contributed by atoms with E-state index >= 15 is 0 Å². The number of aryl methyl sites for hydroxylation is 1. The van der Waals surface area contributed by atoms with E-state index in [0.717, 1.165) is 36.3 Å². The number of nitrogens with zero attached hydrogens (tertiary/aromatic N) is 4. The first-order valence-electron chi connectivity index (χ1n) is 8.63. The maximum Gasteiger partial charge on any atom is 0.269 e. The molecule has 0 saturated heterocycles. The van der Waals surface area contributed by atoms with Crippen molar-refractivity contribution in [1.29, 1.82) is 0 Å². The molecule has 3 N–H and O–H groups in total. The summed E-state index contributed by atoms with van der Waals surface area (Å²) in [4.78, 5) is 25.4. The molecule has 1 aliphatic rings. The molecule has 1 amide bonds. The fourth-order valence-corrected chi connectivity index (χ4v) is 3.04. The van der Waals surface area contributed by atoms with Crippen molar-refractivity contribution in [3.05, 3.63) is 53.7 Å². The van der Waals surface area contributed by atoms with E-state index in [1.165, 1.54) is 5.56 Å². The summed E-state index contributed by atoms with van der Waals surface area (Å²) in [6.07, 6.45) is 8.08. The van der Waals surface area contributed by atoms with Gasteiger partial charge in [-0.05, 0) is 37.5 Å². The minimum absolute atomic E-state index is 0.172. The van der Waals surface area contributed by atoms with Crippen molar-refractivity contribution in [2.24, 2.45) is 0 Å². The molecule has 26 heavy (non-hydrogen) atoms. The van der Waals surface area contributed by atoms with Gasteiger partial charge in [-0.25, -0.2) is 9.97 Å². The van der Waals surface area contributed by atoms with Gasteiger partial charge >= 0.3 is 0 Å². The van der Waals surface area contributed by atoms with Crippen LogP contribution < -0.4 is 10.6 Å². The number of anilines is 1. The second-order valence-corrected chi connectivity index (χ2v) is 6.06. The molecule has 8 nitrogen and oxygen atoms in total. The zero-order chi connectivity index (χ0) is 17.8. The molecule has 132 valence electrons. The first-order valence-corrected chi connectivity index (χ1v) is 8.63. The summed E-state index contributed by atoms with van der Waals surface area (Å²) in [5.74, 6) is 1.39. The smallest absolute Gasteiger partial charge is 0.269 e. The molecule has 0 aliphatic heterocycles. The monoisotopic (exact) mass is 349 g/mol. The topological polar surface area (TPSA) is 108 Å². The molecule has 8 heteroatoms. The highest BCUT2D eigenvalue weighted by Gasteiger charge is 2.19. The average molecular weight is 349 g/mol. The van der Waals surface area contributed by atoms with Gasteiger partial charge < -0.3 is 10.6 Å². The number of H-pyrrole nitrogens is 1. The maximum atomic E-state index is 11.9. The molecule has 4 rings (SSSR count). The maximum absolute atomic E-state index is 11.9. The third-order valence-corrected chi connectivity index (χ3v) is 4.32. The molecular formula is C18H19N7O. The molecular weight excluding hydrogens is 330 g/mol. The van der Waals surface area contributed by atoms with Gasteiger partial charge in [0.25, 0.3) is 5.91 Å². The number of nitrogens with one attached hydrogen (secondary N) is 3. The minimum atomic E-state index is -0.172. The van der Waals surface area contributed by atoms with Gasteiger partial charge in [-0.2, -0.15) is 5.10 Å². The summed E-state index contributed by atoms with van der Waals surface area (Å²) in [5, 5.41) is 12.6. The Bertz CT molecular complexity index is 893. The Labute approximate surface area is 150 Å².